The number of aliphatic hydroxyl groups is 1. The SMILES string of the molecule is OCc1csc(-c2ncccn2)n1. The molecule has 2 rings (SSSR count). The van der Waals surface area contributed by atoms with Gasteiger partial charge in [0.15, 0.2) is 10.8 Å². The average molecular weight is 193 g/mol. The lowest BCUT2D eigenvalue weighted by Crippen LogP contribution is -1.87. The lowest BCUT2D eigenvalue weighted by atomic mass is 10.5. The molecular weight excluding hydrogens is 186 g/mol. The first-order chi connectivity index (χ1) is 6.40. The van der Waals surface area contributed by atoms with Crippen LogP contribution in [-0.2, 0) is 6.61 Å². The molecule has 0 bridgehead atoms. The van der Waals surface area contributed by atoms with Gasteiger partial charge in [-0.25, -0.2) is 15.0 Å². The molecule has 0 amide bonds. The first-order valence-electron chi connectivity index (χ1n) is 3.73. The first kappa shape index (κ1) is 8.28. The predicted molar refractivity (Wildman–Crippen MR) is 49.1 cm³/mol. The highest BCUT2D eigenvalue weighted by atomic mass is 32.1. The Hall–Kier alpha value is -1.33. The lowest BCUT2D eigenvalue weighted by molar-refractivity contribution is 0.278. The van der Waals surface area contributed by atoms with Gasteiger partial charge >= 0.3 is 0 Å². The van der Waals surface area contributed by atoms with Gasteiger partial charge in [0.25, 0.3) is 0 Å². The van der Waals surface area contributed by atoms with Crippen molar-refractivity contribution in [2.24, 2.45) is 0 Å². The first-order valence-corrected chi connectivity index (χ1v) is 4.61. The fourth-order valence-electron chi connectivity index (χ4n) is 0.892. The topological polar surface area (TPSA) is 58.9 Å². The normalized spacial score (nSPS) is 10.2. The summed E-state index contributed by atoms with van der Waals surface area (Å²) in [7, 11) is 0. The Balaban J connectivity index is 2.36. The molecule has 0 aromatic carbocycles. The third kappa shape index (κ3) is 1.71. The van der Waals surface area contributed by atoms with E-state index < -0.39 is 0 Å². The lowest BCUT2D eigenvalue weighted by Gasteiger charge is -1.90. The monoisotopic (exact) mass is 193 g/mol. The zero-order valence-electron chi connectivity index (χ0n) is 6.71. The Morgan fingerprint density at radius 2 is 2.08 bits per heavy atom. The minimum absolute atomic E-state index is 0.0384. The van der Waals surface area contributed by atoms with Crippen molar-refractivity contribution in [1.29, 1.82) is 0 Å². The summed E-state index contributed by atoms with van der Waals surface area (Å²) in [5, 5.41) is 11.3. The predicted octanol–water partition coefficient (Wildman–Crippen LogP) is 1.09. The van der Waals surface area contributed by atoms with Gasteiger partial charge in [0.1, 0.15) is 0 Å². The van der Waals surface area contributed by atoms with Crippen molar-refractivity contribution >= 4 is 11.3 Å². The Morgan fingerprint density at radius 1 is 1.31 bits per heavy atom. The molecule has 4 nitrogen and oxygen atoms in total. The van der Waals surface area contributed by atoms with Crippen LogP contribution in [0.3, 0.4) is 0 Å². The van der Waals surface area contributed by atoms with E-state index in [-0.39, 0.29) is 6.61 Å². The third-order valence-corrected chi connectivity index (χ3v) is 2.36. The Morgan fingerprint density at radius 3 is 2.69 bits per heavy atom. The second-order valence-electron chi connectivity index (χ2n) is 2.37. The fraction of sp³-hybridized carbons (Fsp3) is 0.125. The van der Waals surface area contributed by atoms with Crippen LogP contribution in [0.1, 0.15) is 5.69 Å². The minimum atomic E-state index is -0.0384. The number of hydrogen-bond donors (Lipinski definition) is 1. The van der Waals surface area contributed by atoms with Crippen molar-refractivity contribution in [3.05, 3.63) is 29.5 Å². The van der Waals surface area contributed by atoms with Crippen LogP contribution in [0, 0.1) is 0 Å². The van der Waals surface area contributed by atoms with E-state index in [1.165, 1.54) is 11.3 Å². The van der Waals surface area contributed by atoms with Crippen molar-refractivity contribution in [3.63, 3.8) is 0 Å². The van der Waals surface area contributed by atoms with Crippen molar-refractivity contribution in [2.45, 2.75) is 6.61 Å². The van der Waals surface area contributed by atoms with Crippen LogP contribution in [0.5, 0.6) is 0 Å². The Labute approximate surface area is 78.9 Å². The molecule has 0 atom stereocenters. The van der Waals surface area contributed by atoms with E-state index in [1.54, 1.807) is 23.8 Å². The molecule has 0 unspecified atom stereocenters. The summed E-state index contributed by atoms with van der Waals surface area (Å²) in [6.07, 6.45) is 3.34. The van der Waals surface area contributed by atoms with E-state index in [2.05, 4.69) is 15.0 Å². The number of aliphatic hydroxyl groups excluding tert-OH is 1. The van der Waals surface area contributed by atoms with Crippen molar-refractivity contribution in [2.75, 3.05) is 0 Å². The second-order valence-corrected chi connectivity index (χ2v) is 3.23. The molecular formula is C8H7N3OS. The van der Waals surface area contributed by atoms with Crippen molar-refractivity contribution in [1.82, 2.24) is 15.0 Å². The van der Waals surface area contributed by atoms with E-state index in [0.717, 1.165) is 5.01 Å². The van der Waals surface area contributed by atoms with Crippen LogP contribution in [-0.4, -0.2) is 20.1 Å². The van der Waals surface area contributed by atoms with E-state index in [4.69, 9.17) is 5.11 Å². The molecule has 0 aliphatic heterocycles. The Bertz CT molecular complexity index is 387. The summed E-state index contributed by atoms with van der Waals surface area (Å²) in [6, 6.07) is 1.75. The number of nitrogens with zero attached hydrogens (tertiary/aromatic N) is 3. The van der Waals surface area contributed by atoms with Crippen LogP contribution in [0.2, 0.25) is 0 Å². The maximum Gasteiger partial charge on any atom is 0.188 e. The molecule has 0 aliphatic carbocycles. The zero-order chi connectivity index (χ0) is 9.10. The summed E-state index contributed by atoms with van der Waals surface area (Å²) in [6.45, 7) is -0.0384. The maximum atomic E-state index is 8.80. The van der Waals surface area contributed by atoms with Gasteiger partial charge in [0.05, 0.1) is 12.3 Å². The molecule has 0 saturated heterocycles. The standard InChI is InChI=1S/C8H7N3OS/c12-4-6-5-13-8(11-6)7-9-2-1-3-10-7/h1-3,5,12H,4H2. The largest absolute Gasteiger partial charge is 0.390 e. The summed E-state index contributed by atoms with van der Waals surface area (Å²) < 4.78 is 0. The molecule has 2 aromatic rings. The van der Waals surface area contributed by atoms with Gasteiger partial charge in [-0.1, -0.05) is 0 Å². The van der Waals surface area contributed by atoms with Crippen LogP contribution in [0.15, 0.2) is 23.8 Å². The quantitative estimate of drug-likeness (QED) is 0.775. The number of rotatable bonds is 2. The van der Waals surface area contributed by atoms with Crippen molar-refractivity contribution in [3.8, 4) is 10.8 Å². The van der Waals surface area contributed by atoms with E-state index in [1.807, 2.05) is 0 Å². The molecule has 2 aromatic heterocycles. The highest BCUT2D eigenvalue weighted by molar-refractivity contribution is 7.13. The van der Waals surface area contributed by atoms with Gasteiger partial charge in [-0.05, 0) is 6.07 Å². The van der Waals surface area contributed by atoms with Crippen LogP contribution in [0.25, 0.3) is 10.8 Å². The van der Waals surface area contributed by atoms with E-state index >= 15 is 0 Å². The highest BCUT2D eigenvalue weighted by Crippen LogP contribution is 2.18. The average Bonchev–Trinajstić information content (AvgIpc) is 2.67. The van der Waals surface area contributed by atoms with E-state index in [0.29, 0.717) is 11.5 Å². The third-order valence-electron chi connectivity index (χ3n) is 1.47. The minimum Gasteiger partial charge on any atom is -0.390 e. The molecule has 66 valence electrons. The highest BCUT2D eigenvalue weighted by Gasteiger charge is 2.04. The summed E-state index contributed by atoms with van der Waals surface area (Å²) >= 11 is 1.43. The van der Waals surface area contributed by atoms with Gasteiger partial charge in [0, 0.05) is 17.8 Å². The van der Waals surface area contributed by atoms with Crippen molar-refractivity contribution < 1.29 is 5.11 Å². The molecule has 1 N–H and O–H groups in total. The van der Waals surface area contributed by atoms with Gasteiger partial charge in [-0.15, -0.1) is 11.3 Å². The molecule has 0 radical (unpaired) electrons. The number of hydrogen-bond acceptors (Lipinski definition) is 5. The van der Waals surface area contributed by atoms with Crippen LogP contribution >= 0.6 is 11.3 Å². The zero-order valence-corrected chi connectivity index (χ0v) is 7.53. The fourth-order valence-corrected chi connectivity index (χ4v) is 1.65. The summed E-state index contributed by atoms with van der Waals surface area (Å²) in [5.74, 6) is 0.604. The molecule has 0 spiro atoms. The Kier molecular flexibility index (Phi) is 2.29. The van der Waals surface area contributed by atoms with Gasteiger partial charge in [-0.3, -0.25) is 0 Å². The van der Waals surface area contributed by atoms with Gasteiger partial charge in [-0.2, -0.15) is 0 Å². The van der Waals surface area contributed by atoms with Crippen LogP contribution in [0.4, 0.5) is 0 Å². The molecule has 5 heteroatoms. The number of thiazole rings is 1. The second kappa shape index (κ2) is 3.59. The molecule has 0 fully saturated rings. The van der Waals surface area contributed by atoms with Gasteiger partial charge < -0.3 is 5.11 Å². The smallest absolute Gasteiger partial charge is 0.188 e. The van der Waals surface area contributed by atoms with Crippen LogP contribution < -0.4 is 0 Å². The molecule has 0 aliphatic rings. The molecule has 2 heterocycles. The van der Waals surface area contributed by atoms with E-state index in [9.17, 15) is 0 Å². The maximum absolute atomic E-state index is 8.80. The number of aromatic nitrogens is 3. The van der Waals surface area contributed by atoms with Gasteiger partial charge in [0.2, 0.25) is 0 Å². The molecule has 13 heavy (non-hydrogen) atoms. The summed E-state index contributed by atoms with van der Waals surface area (Å²) in [4.78, 5) is 12.2. The summed E-state index contributed by atoms with van der Waals surface area (Å²) in [5.41, 5.74) is 0.660. The molecule has 0 saturated carbocycles.